The second kappa shape index (κ2) is 8.32. The van der Waals surface area contributed by atoms with Crippen molar-refractivity contribution < 1.29 is 36.2 Å². The maximum absolute atomic E-state index is 10.2. The van der Waals surface area contributed by atoms with Crippen molar-refractivity contribution in [3.63, 3.8) is 0 Å². The fourth-order valence-corrected chi connectivity index (χ4v) is 5.68. The zero-order chi connectivity index (χ0) is 20.1. The van der Waals surface area contributed by atoms with E-state index in [1.165, 1.54) is 11.1 Å². The molecule has 0 bridgehead atoms. The lowest BCUT2D eigenvalue weighted by Gasteiger charge is -2.39. The number of morpholine rings is 1. The molecule has 0 amide bonds. The molecule has 3 heterocycles. The molecule has 3 aliphatic heterocycles. The van der Waals surface area contributed by atoms with Crippen LogP contribution in [0.1, 0.15) is 24.0 Å². The van der Waals surface area contributed by atoms with E-state index in [9.17, 15) is 5.11 Å². The van der Waals surface area contributed by atoms with Crippen molar-refractivity contribution >= 4 is 0 Å². The number of halogens is 1. The van der Waals surface area contributed by atoms with Crippen molar-refractivity contribution in [3.05, 3.63) is 35.4 Å². The Hall–Kier alpha value is -1.31. The van der Waals surface area contributed by atoms with Crippen molar-refractivity contribution in [2.24, 2.45) is 0 Å². The van der Waals surface area contributed by atoms with Crippen LogP contribution in [-0.2, 0) is 16.7 Å². The summed E-state index contributed by atoms with van der Waals surface area (Å²) in [7, 11) is 4.10. The molecule has 1 spiro atoms. The Labute approximate surface area is 185 Å². The standard InChI is InChI=1S/C23H33N2O4.ClH/c1-25(12-8-24-9-13-28-14-10-24)11-7-23-6-5-18(26)15-20(23)29-22-19(27-2)4-3-17(16-25)21(22)23;/h3-6,18,20,26H,7-16H2,1-2H3;1H/q+1;/p-1/t18-,20-,23-,25?;/m1./s1. The first-order valence-electron chi connectivity index (χ1n) is 10.9. The van der Waals surface area contributed by atoms with Crippen molar-refractivity contribution in [3.8, 4) is 11.5 Å². The van der Waals surface area contributed by atoms with E-state index >= 15 is 0 Å². The Morgan fingerprint density at radius 3 is 2.87 bits per heavy atom. The van der Waals surface area contributed by atoms with Gasteiger partial charge < -0.3 is 36.2 Å². The Morgan fingerprint density at radius 1 is 1.30 bits per heavy atom. The molecule has 4 aliphatic rings. The summed E-state index contributed by atoms with van der Waals surface area (Å²) in [5.41, 5.74) is 2.53. The normalized spacial score (nSPS) is 34.9. The minimum Gasteiger partial charge on any atom is -1.00 e. The lowest BCUT2D eigenvalue weighted by atomic mass is 9.69. The summed E-state index contributed by atoms with van der Waals surface area (Å²) in [6, 6.07) is 4.29. The summed E-state index contributed by atoms with van der Waals surface area (Å²) < 4.78 is 18.6. The molecule has 1 aromatic rings. The van der Waals surface area contributed by atoms with E-state index in [4.69, 9.17) is 14.2 Å². The fraction of sp³-hybridized carbons (Fsp3) is 0.652. The SMILES string of the molecule is COc1ccc2c3c1O[C@@H]1C[C@H](O)C=C[C@]31CC[N+](C)(CCN1CCOCC1)C2.[Cl-]. The van der Waals surface area contributed by atoms with Gasteiger partial charge in [-0.15, -0.1) is 0 Å². The van der Waals surface area contributed by atoms with Crippen LogP contribution in [0.25, 0.3) is 0 Å². The Balaban J connectivity index is 0.00000218. The predicted octanol–water partition coefficient (Wildman–Crippen LogP) is -1.30. The molecule has 1 aliphatic carbocycles. The largest absolute Gasteiger partial charge is 1.00 e. The molecule has 6 nitrogen and oxygen atoms in total. The molecule has 0 aromatic heterocycles. The van der Waals surface area contributed by atoms with E-state index < -0.39 is 6.10 Å². The van der Waals surface area contributed by atoms with Gasteiger partial charge in [0.05, 0.1) is 52.0 Å². The third-order valence-electron chi connectivity index (χ3n) is 7.48. The van der Waals surface area contributed by atoms with Crippen LogP contribution in [0.3, 0.4) is 0 Å². The van der Waals surface area contributed by atoms with Gasteiger partial charge in [0.2, 0.25) is 0 Å². The first-order chi connectivity index (χ1) is 14.0. The Kier molecular flexibility index (Phi) is 6.08. The first-order valence-corrected chi connectivity index (χ1v) is 10.9. The summed E-state index contributed by atoms with van der Waals surface area (Å²) >= 11 is 0. The first kappa shape index (κ1) is 21.9. The minimum atomic E-state index is -0.431. The van der Waals surface area contributed by atoms with Crippen LogP contribution in [0.15, 0.2) is 24.3 Å². The molecule has 7 heteroatoms. The van der Waals surface area contributed by atoms with Gasteiger partial charge in [-0.05, 0) is 12.1 Å². The average molecular weight is 437 g/mol. The lowest BCUT2D eigenvalue weighted by Crippen LogP contribution is -3.00. The number of aliphatic hydroxyl groups is 1. The third kappa shape index (κ3) is 3.63. The van der Waals surface area contributed by atoms with Crippen LogP contribution >= 0.6 is 0 Å². The highest BCUT2D eigenvalue weighted by Gasteiger charge is 2.54. The molecular weight excluding hydrogens is 404 g/mol. The van der Waals surface area contributed by atoms with Crippen molar-refractivity contribution in [2.45, 2.75) is 37.0 Å². The van der Waals surface area contributed by atoms with Crippen LogP contribution in [0, 0.1) is 0 Å². The van der Waals surface area contributed by atoms with Crippen LogP contribution in [0.2, 0.25) is 0 Å². The van der Waals surface area contributed by atoms with E-state index in [2.05, 4.69) is 30.2 Å². The number of quaternary nitrogens is 1. The molecule has 1 aromatic carbocycles. The molecule has 30 heavy (non-hydrogen) atoms. The number of nitrogens with zero attached hydrogens (tertiary/aromatic N) is 2. The molecule has 4 atom stereocenters. The minimum absolute atomic E-state index is 0. The summed E-state index contributed by atoms with van der Waals surface area (Å²) in [4.78, 5) is 2.53. The van der Waals surface area contributed by atoms with Gasteiger partial charge in [0.1, 0.15) is 12.6 Å². The van der Waals surface area contributed by atoms with Crippen LogP contribution < -0.4 is 21.9 Å². The number of methoxy groups -OCH3 is 1. The molecular formula is C23H33ClN2O4. The second-order valence-corrected chi connectivity index (χ2v) is 9.37. The number of aliphatic hydroxyl groups excluding tert-OH is 1. The monoisotopic (exact) mass is 436 g/mol. The highest BCUT2D eigenvalue weighted by atomic mass is 35.5. The molecule has 1 fully saturated rings. The maximum atomic E-state index is 10.2. The van der Waals surface area contributed by atoms with Gasteiger partial charge >= 0.3 is 0 Å². The molecule has 166 valence electrons. The summed E-state index contributed by atoms with van der Waals surface area (Å²) in [6.07, 6.45) is 5.44. The van der Waals surface area contributed by atoms with Gasteiger partial charge in [0.25, 0.3) is 0 Å². The second-order valence-electron chi connectivity index (χ2n) is 9.37. The number of hydrogen-bond acceptors (Lipinski definition) is 5. The molecule has 1 saturated heterocycles. The molecule has 0 saturated carbocycles. The number of rotatable bonds is 4. The van der Waals surface area contributed by atoms with Crippen LogP contribution in [-0.4, -0.2) is 86.8 Å². The lowest BCUT2D eigenvalue weighted by molar-refractivity contribution is -0.922. The quantitative estimate of drug-likeness (QED) is 0.470. The third-order valence-corrected chi connectivity index (χ3v) is 7.48. The average Bonchev–Trinajstić information content (AvgIpc) is 3.00. The van der Waals surface area contributed by atoms with Crippen molar-refractivity contribution in [2.75, 3.05) is 60.1 Å². The smallest absolute Gasteiger partial charge is 0.166 e. The predicted molar refractivity (Wildman–Crippen MR) is 110 cm³/mol. The molecule has 0 radical (unpaired) electrons. The molecule has 5 rings (SSSR count). The number of benzene rings is 1. The van der Waals surface area contributed by atoms with Gasteiger partial charge in [-0.3, -0.25) is 4.90 Å². The van der Waals surface area contributed by atoms with E-state index in [0.29, 0.717) is 6.42 Å². The highest BCUT2D eigenvalue weighted by Crippen LogP contribution is 2.56. The van der Waals surface area contributed by atoms with Gasteiger partial charge in [-0.1, -0.05) is 12.2 Å². The molecule has 1 unspecified atom stereocenters. The summed E-state index contributed by atoms with van der Waals surface area (Å²) in [5, 5.41) is 10.2. The number of hydrogen-bond donors (Lipinski definition) is 1. The zero-order valence-corrected chi connectivity index (χ0v) is 18.7. The highest BCUT2D eigenvalue weighted by molar-refractivity contribution is 5.60. The van der Waals surface area contributed by atoms with E-state index in [-0.39, 0.29) is 23.9 Å². The van der Waals surface area contributed by atoms with Gasteiger partial charge in [0, 0.05) is 43.6 Å². The zero-order valence-electron chi connectivity index (χ0n) is 18.0. The van der Waals surface area contributed by atoms with Gasteiger partial charge in [0.15, 0.2) is 11.5 Å². The topological polar surface area (TPSA) is 51.2 Å². The maximum Gasteiger partial charge on any atom is 0.166 e. The fourth-order valence-electron chi connectivity index (χ4n) is 5.68. The summed E-state index contributed by atoms with van der Waals surface area (Å²) in [5.74, 6) is 1.71. The van der Waals surface area contributed by atoms with Gasteiger partial charge in [-0.25, -0.2) is 0 Å². The van der Waals surface area contributed by atoms with Crippen molar-refractivity contribution in [1.82, 2.24) is 4.90 Å². The molecule has 1 N–H and O–H groups in total. The summed E-state index contributed by atoms with van der Waals surface area (Å²) in [6.45, 7) is 8.13. The van der Waals surface area contributed by atoms with E-state index in [0.717, 1.165) is 74.9 Å². The van der Waals surface area contributed by atoms with Crippen LogP contribution in [0.5, 0.6) is 11.5 Å². The van der Waals surface area contributed by atoms with Gasteiger partial charge in [-0.2, -0.15) is 0 Å². The number of likely N-dealkylation sites (N-methyl/N-ethyl adjacent to an activating group) is 1. The van der Waals surface area contributed by atoms with E-state index in [1.807, 2.05) is 6.08 Å². The number of ether oxygens (including phenoxy) is 3. The Morgan fingerprint density at radius 2 is 2.10 bits per heavy atom. The Bertz CT molecular complexity index is 813. The van der Waals surface area contributed by atoms with Crippen LogP contribution in [0.4, 0.5) is 0 Å². The van der Waals surface area contributed by atoms with E-state index in [1.54, 1.807) is 7.11 Å². The van der Waals surface area contributed by atoms with Crippen molar-refractivity contribution in [1.29, 1.82) is 0 Å².